The van der Waals surface area contributed by atoms with E-state index in [1.54, 1.807) is 13.2 Å². The maximum absolute atomic E-state index is 12.5. The highest BCUT2D eigenvalue weighted by Crippen LogP contribution is 2.29. The first kappa shape index (κ1) is 17.4. The van der Waals surface area contributed by atoms with E-state index >= 15 is 0 Å². The molecule has 4 rings (SSSR count). The van der Waals surface area contributed by atoms with Gasteiger partial charge in [0.2, 0.25) is 0 Å². The van der Waals surface area contributed by atoms with Crippen LogP contribution in [0.4, 0.5) is 11.4 Å². The van der Waals surface area contributed by atoms with Crippen LogP contribution in [0.1, 0.15) is 10.6 Å². The Balaban J connectivity index is 1.46. The summed E-state index contributed by atoms with van der Waals surface area (Å²) < 4.78 is 11.0. The predicted molar refractivity (Wildman–Crippen MR) is 107 cm³/mol. The zero-order valence-corrected chi connectivity index (χ0v) is 15.6. The zero-order valence-electron chi connectivity index (χ0n) is 15.6. The van der Waals surface area contributed by atoms with E-state index in [1.165, 1.54) is 5.69 Å². The van der Waals surface area contributed by atoms with Crippen LogP contribution in [0.3, 0.4) is 0 Å². The van der Waals surface area contributed by atoms with E-state index < -0.39 is 0 Å². The average molecular weight is 365 g/mol. The fourth-order valence-electron chi connectivity index (χ4n) is 3.32. The van der Waals surface area contributed by atoms with Gasteiger partial charge in [-0.15, -0.1) is 0 Å². The number of fused-ring (bicyclic) bond motifs is 1. The van der Waals surface area contributed by atoms with Crippen molar-refractivity contribution >= 4 is 28.3 Å². The summed E-state index contributed by atoms with van der Waals surface area (Å²) in [6.07, 6.45) is 0. The molecule has 0 unspecified atom stereocenters. The Morgan fingerprint density at radius 3 is 2.52 bits per heavy atom. The molecule has 0 spiro atoms. The van der Waals surface area contributed by atoms with Gasteiger partial charge < -0.3 is 24.3 Å². The quantitative estimate of drug-likeness (QED) is 0.767. The maximum Gasteiger partial charge on any atom is 0.291 e. The molecule has 1 N–H and O–H groups in total. The molecule has 6 nitrogen and oxygen atoms in total. The highest BCUT2D eigenvalue weighted by atomic mass is 16.5. The summed E-state index contributed by atoms with van der Waals surface area (Å²) in [5, 5.41) is 3.73. The SMILES string of the molecule is COc1cccc2cc(C(=O)Nc3ccc(N4CCN(C)CC4)cc3)oc12. The molecular weight excluding hydrogens is 342 g/mol. The number of carbonyl (C=O) groups is 1. The summed E-state index contributed by atoms with van der Waals surface area (Å²) in [6, 6.07) is 15.2. The first-order valence-electron chi connectivity index (χ1n) is 9.05. The maximum atomic E-state index is 12.5. The summed E-state index contributed by atoms with van der Waals surface area (Å²) in [4.78, 5) is 17.2. The van der Waals surface area contributed by atoms with Crippen LogP contribution >= 0.6 is 0 Å². The first-order chi connectivity index (χ1) is 13.1. The molecule has 27 heavy (non-hydrogen) atoms. The Morgan fingerprint density at radius 1 is 1.07 bits per heavy atom. The van der Waals surface area contributed by atoms with Gasteiger partial charge >= 0.3 is 0 Å². The molecule has 1 fully saturated rings. The number of para-hydroxylation sites is 1. The molecule has 2 aromatic carbocycles. The smallest absolute Gasteiger partial charge is 0.291 e. The minimum Gasteiger partial charge on any atom is -0.493 e. The topological polar surface area (TPSA) is 58.0 Å². The Kier molecular flexibility index (Phi) is 4.73. The van der Waals surface area contributed by atoms with Gasteiger partial charge in [-0.2, -0.15) is 0 Å². The van der Waals surface area contributed by atoms with Crippen LogP contribution < -0.4 is 15.0 Å². The second-order valence-corrected chi connectivity index (χ2v) is 6.78. The third-order valence-electron chi connectivity index (χ3n) is 4.95. The summed E-state index contributed by atoms with van der Waals surface area (Å²) >= 11 is 0. The molecule has 1 aromatic heterocycles. The molecule has 0 radical (unpaired) electrons. The summed E-state index contributed by atoms with van der Waals surface area (Å²) in [7, 11) is 3.72. The van der Waals surface area contributed by atoms with Crippen molar-refractivity contribution in [2.45, 2.75) is 0 Å². The van der Waals surface area contributed by atoms with E-state index in [0.29, 0.717) is 11.3 Å². The Hall–Kier alpha value is -2.99. The minimum absolute atomic E-state index is 0.262. The Morgan fingerprint density at radius 2 is 1.81 bits per heavy atom. The van der Waals surface area contributed by atoms with Crippen LogP contribution in [0, 0.1) is 0 Å². The van der Waals surface area contributed by atoms with Crippen molar-refractivity contribution in [3.05, 3.63) is 54.3 Å². The first-order valence-corrected chi connectivity index (χ1v) is 9.05. The van der Waals surface area contributed by atoms with Gasteiger partial charge in [0, 0.05) is 42.9 Å². The number of amides is 1. The molecule has 0 bridgehead atoms. The lowest BCUT2D eigenvalue weighted by Gasteiger charge is -2.34. The lowest BCUT2D eigenvalue weighted by atomic mass is 10.2. The Labute approximate surface area is 158 Å². The van der Waals surface area contributed by atoms with Crippen LogP contribution in [0.15, 0.2) is 52.9 Å². The minimum atomic E-state index is -0.277. The second-order valence-electron chi connectivity index (χ2n) is 6.78. The zero-order chi connectivity index (χ0) is 18.8. The van der Waals surface area contributed by atoms with Crippen LogP contribution in [0.25, 0.3) is 11.0 Å². The van der Waals surface area contributed by atoms with Gasteiger partial charge in [0.25, 0.3) is 5.91 Å². The molecule has 140 valence electrons. The number of likely N-dealkylation sites (N-methyl/N-ethyl adjacent to an activating group) is 1. The van der Waals surface area contributed by atoms with Gasteiger partial charge in [-0.3, -0.25) is 4.79 Å². The summed E-state index contributed by atoms with van der Waals surface area (Å²) in [6.45, 7) is 4.16. The molecule has 0 aliphatic carbocycles. The number of hydrogen-bond acceptors (Lipinski definition) is 5. The number of piperazine rings is 1. The molecule has 1 amide bonds. The number of furan rings is 1. The van der Waals surface area contributed by atoms with E-state index in [-0.39, 0.29) is 11.7 Å². The lowest BCUT2D eigenvalue weighted by molar-refractivity contribution is 0.0998. The normalized spacial score (nSPS) is 15.1. The standard InChI is InChI=1S/C21H23N3O3/c1-23-10-12-24(13-11-23)17-8-6-16(7-9-17)22-21(25)19-14-15-4-3-5-18(26-2)20(15)27-19/h3-9,14H,10-13H2,1-2H3,(H,22,25). The van der Waals surface area contributed by atoms with E-state index in [1.807, 2.05) is 42.5 Å². The van der Waals surface area contributed by atoms with Gasteiger partial charge in [0.1, 0.15) is 0 Å². The average Bonchev–Trinajstić information content (AvgIpc) is 3.14. The van der Waals surface area contributed by atoms with Crippen molar-refractivity contribution in [1.29, 1.82) is 0 Å². The van der Waals surface area contributed by atoms with Crippen LogP contribution in [-0.2, 0) is 0 Å². The fourth-order valence-corrected chi connectivity index (χ4v) is 3.32. The van der Waals surface area contributed by atoms with Gasteiger partial charge in [-0.25, -0.2) is 0 Å². The number of nitrogens with zero attached hydrogens (tertiary/aromatic N) is 2. The van der Waals surface area contributed by atoms with Gasteiger partial charge in [0.05, 0.1) is 7.11 Å². The van der Waals surface area contributed by atoms with Crippen molar-refractivity contribution in [2.24, 2.45) is 0 Å². The predicted octanol–water partition coefficient (Wildman–Crippen LogP) is 3.45. The molecule has 1 saturated heterocycles. The molecule has 1 aliphatic heterocycles. The van der Waals surface area contributed by atoms with Crippen LogP contribution in [0.5, 0.6) is 5.75 Å². The number of hydrogen-bond donors (Lipinski definition) is 1. The van der Waals surface area contributed by atoms with Crippen molar-refractivity contribution in [2.75, 3.05) is 50.6 Å². The van der Waals surface area contributed by atoms with Crippen molar-refractivity contribution in [3.63, 3.8) is 0 Å². The molecule has 2 heterocycles. The number of ether oxygens (including phenoxy) is 1. The third-order valence-corrected chi connectivity index (χ3v) is 4.95. The van der Waals surface area contributed by atoms with Crippen LogP contribution in [-0.4, -0.2) is 51.1 Å². The van der Waals surface area contributed by atoms with Crippen molar-refractivity contribution < 1.29 is 13.9 Å². The number of benzene rings is 2. The molecule has 0 atom stereocenters. The van der Waals surface area contributed by atoms with Crippen molar-refractivity contribution in [1.82, 2.24) is 4.90 Å². The lowest BCUT2D eigenvalue weighted by Crippen LogP contribution is -2.44. The van der Waals surface area contributed by atoms with E-state index in [0.717, 1.165) is 37.3 Å². The third kappa shape index (κ3) is 3.61. The van der Waals surface area contributed by atoms with E-state index in [2.05, 4.69) is 22.2 Å². The summed E-state index contributed by atoms with van der Waals surface area (Å²) in [5.74, 6) is 0.598. The Bertz CT molecular complexity index is 941. The van der Waals surface area contributed by atoms with E-state index in [4.69, 9.17) is 9.15 Å². The fraction of sp³-hybridized carbons (Fsp3) is 0.286. The van der Waals surface area contributed by atoms with E-state index in [9.17, 15) is 4.79 Å². The van der Waals surface area contributed by atoms with Gasteiger partial charge in [-0.05, 0) is 43.4 Å². The number of nitrogens with one attached hydrogen (secondary N) is 1. The number of rotatable bonds is 4. The highest BCUT2D eigenvalue weighted by Gasteiger charge is 2.16. The molecule has 6 heteroatoms. The van der Waals surface area contributed by atoms with Gasteiger partial charge in [0.15, 0.2) is 17.1 Å². The second kappa shape index (κ2) is 7.32. The number of methoxy groups -OCH3 is 1. The van der Waals surface area contributed by atoms with Gasteiger partial charge in [-0.1, -0.05) is 12.1 Å². The largest absolute Gasteiger partial charge is 0.493 e. The molecular formula is C21H23N3O3. The molecule has 1 aliphatic rings. The molecule has 3 aromatic rings. The number of anilines is 2. The van der Waals surface area contributed by atoms with Crippen molar-refractivity contribution in [3.8, 4) is 5.75 Å². The summed E-state index contributed by atoms with van der Waals surface area (Å²) in [5.41, 5.74) is 2.50. The highest BCUT2D eigenvalue weighted by molar-refractivity contribution is 6.05. The molecule has 0 saturated carbocycles. The monoisotopic (exact) mass is 365 g/mol. The van der Waals surface area contributed by atoms with Crippen LogP contribution in [0.2, 0.25) is 0 Å². The number of carbonyl (C=O) groups excluding carboxylic acids is 1.